The van der Waals surface area contributed by atoms with Gasteiger partial charge in [0.1, 0.15) is 11.2 Å². The van der Waals surface area contributed by atoms with E-state index in [1.807, 2.05) is 6.08 Å². The molecule has 1 aliphatic heterocycles. The first-order chi connectivity index (χ1) is 20.0. The van der Waals surface area contributed by atoms with E-state index in [0.717, 1.165) is 37.5 Å². The van der Waals surface area contributed by atoms with Crippen molar-refractivity contribution in [3.8, 4) is 11.8 Å². The molecule has 3 nitrogen and oxygen atoms in total. The van der Waals surface area contributed by atoms with E-state index >= 15 is 0 Å². The Labute approximate surface area is 266 Å². The van der Waals surface area contributed by atoms with Gasteiger partial charge in [-0.2, -0.15) is 0 Å². The van der Waals surface area contributed by atoms with Gasteiger partial charge in [0, 0.05) is 23.7 Å². The average molecular weight is 595 g/mol. The lowest BCUT2D eigenvalue weighted by Crippen LogP contribution is -2.46. The molecule has 2 N–H and O–H groups in total. The van der Waals surface area contributed by atoms with Crippen LogP contribution in [0.5, 0.6) is 0 Å². The molecule has 5 unspecified atom stereocenters. The number of hydrogen-bond acceptors (Lipinski definition) is 3. The quantitative estimate of drug-likeness (QED) is 0.0911. The van der Waals surface area contributed by atoms with Gasteiger partial charge >= 0.3 is 0 Å². The van der Waals surface area contributed by atoms with Crippen molar-refractivity contribution in [2.75, 3.05) is 0 Å². The minimum absolute atomic E-state index is 0.0174. The molecule has 43 heavy (non-hydrogen) atoms. The van der Waals surface area contributed by atoms with Crippen molar-refractivity contribution in [3.05, 3.63) is 36.0 Å². The summed E-state index contributed by atoms with van der Waals surface area (Å²) in [4.78, 5) is 0. The van der Waals surface area contributed by atoms with Gasteiger partial charge in [0.05, 0.1) is 12.2 Å². The lowest BCUT2D eigenvalue weighted by molar-refractivity contribution is 0.0513. The van der Waals surface area contributed by atoms with Gasteiger partial charge in [-0.05, 0) is 69.6 Å². The van der Waals surface area contributed by atoms with Gasteiger partial charge in [-0.1, -0.05) is 135 Å². The third kappa shape index (κ3) is 9.58. The highest BCUT2D eigenvalue weighted by atomic mass is 16.6. The van der Waals surface area contributed by atoms with Crippen molar-refractivity contribution in [1.82, 2.24) is 0 Å². The van der Waals surface area contributed by atoms with Gasteiger partial charge in [0.2, 0.25) is 0 Å². The van der Waals surface area contributed by atoms with E-state index in [4.69, 9.17) is 4.74 Å². The SMILES string of the molecule is CC1=C[C@@H](O)CC(C)(C)C1C#CC(C)/C=C/CC(C)CCCCC(C)CCCC(C)/C=C\[C@@]12O[C@]1(C)C[C@@H](O)CC2(C)C. The van der Waals surface area contributed by atoms with Crippen LogP contribution in [0.1, 0.15) is 140 Å². The van der Waals surface area contributed by atoms with Crippen LogP contribution in [-0.4, -0.2) is 33.6 Å². The summed E-state index contributed by atoms with van der Waals surface area (Å²) in [5.41, 5.74) is 0.800. The molecule has 0 bridgehead atoms. The summed E-state index contributed by atoms with van der Waals surface area (Å²) in [6.45, 7) is 22.6. The van der Waals surface area contributed by atoms with Crippen LogP contribution in [0.2, 0.25) is 0 Å². The predicted octanol–water partition coefficient (Wildman–Crippen LogP) is 9.83. The molecule has 3 heteroatoms. The van der Waals surface area contributed by atoms with E-state index in [-0.39, 0.29) is 46.1 Å². The van der Waals surface area contributed by atoms with Gasteiger partial charge in [-0.15, -0.1) is 0 Å². The maximum atomic E-state index is 10.3. The monoisotopic (exact) mass is 595 g/mol. The van der Waals surface area contributed by atoms with E-state index in [1.54, 1.807) is 0 Å². The molecule has 0 radical (unpaired) electrons. The summed E-state index contributed by atoms with van der Waals surface area (Å²) in [6.07, 6.45) is 23.4. The Morgan fingerprint density at radius 1 is 0.884 bits per heavy atom. The number of unbranched alkanes of at least 4 members (excludes halogenated alkanes) is 1. The molecule has 3 rings (SSSR count). The van der Waals surface area contributed by atoms with Gasteiger partial charge in [0.25, 0.3) is 0 Å². The zero-order valence-electron chi connectivity index (χ0n) is 29.5. The molecule has 0 aromatic rings. The summed E-state index contributed by atoms with van der Waals surface area (Å²) in [5, 5.41) is 20.4. The second kappa shape index (κ2) is 14.8. The fourth-order valence-corrected chi connectivity index (χ4v) is 8.33. The zero-order valence-corrected chi connectivity index (χ0v) is 29.5. The molecule has 0 aromatic heterocycles. The Kier molecular flexibility index (Phi) is 12.5. The highest BCUT2D eigenvalue weighted by Gasteiger charge is 2.74. The Balaban J connectivity index is 1.27. The number of epoxide rings is 1. The largest absolute Gasteiger partial charge is 0.393 e. The molecule has 3 aliphatic rings. The number of rotatable bonds is 14. The Bertz CT molecular complexity index is 1050. The van der Waals surface area contributed by atoms with Crippen LogP contribution >= 0.6 is 0 Å². The van der Waals surface area contributed by atoms with Crippen molar-refractivity contribution in [2.24, 2.45) is 40.4 Å². The lowest BCUT2D eigenvalue weighted by Gasteiger charge is -2.39. The lowest BCUT2D eigenvalue weighted by atomic mass is 9.63. The first-order valence-electron chi connectivity index (χ1n) is 17.6. The summed E-state index contributed by atoms with van der Waals surface area (Å²) in [6, 6.07) is 0. The first-order valence-corrected chi connectivity index (χ1v) is 17.6. The van der Waals surface area contributed by atoms with E-state index in [0.29, 0.717) is 5.92 Å². The fourth-order valence-electron chi connectivity index (χ4n) is 8.33. The molecule has 1 saturated carbocycles. The van der Waals surface area contributed by atoms with E-state index in [9.17, 15) is 10.2 Å². The van der Waals surface area contributed by atoms with E-state index in [2.05, 4.69) is 105 Å². The van der Waals surface area contributed by atoms with Gasteiger partial charge in [-0.25, -0.2) is 0 Å². The Hall–Kier alpha value is -1.34. The van der Waals surface area contributed by atoms with E-state index in [1.165, 1.54) is 50.5 Å². The number of fused-ring (bicyclic) bond motifs is 1. The van der Waals surface area contributed by atoms with Crippen molar-refractivity contribution >= 4 is 0 Å². The zero-order chi connectivity index (χ0) is 32.1. The topological polar surface area (TPSA) is 53.0 Å². The molecule has 0 spiro atoms. The number of aliphatic hydroxyl groups is 2. The molecular weight excluding hydrogens is 528 g/mol. The fraction of sp³-hybridized carbons (Fsp3) is 0.800. The standard InChI is InChI=1S/C40H66O3/c1-29(17-13-19-31(3)21-22-36-33(5)25-34(41)26-37(36,6)7)15-11-12-16-30(2)18-14-20-32(4)23-24-40-38(8,9)27-35(42)28-39(40,10)43-40/h13,19,23-25,29-32,34-36,41-42H,11-12,14-18,20,26-28H2,1-10H3/b19-13+,24-23-/t29?,30?,31?,32?,34-,35+,36?,39-,40+/m1/s1. The highest BCUT2D eigenvalue weighted by Crippen LogP contribution is 2.66. The van der Waals surface area contributed by atoms with Crippen LogP contribution < -0.4 is 0 Å². The average Bonchev–Trinajstić information content (AvgIpc) is 3.49. The number of hydrogen-bond donors (Lipinski definition) is 2. The third-order valence-corrected chi connectivity index (χ3v) is 11.0. The molecule has 9 atom stereocenters. The van der Waals surface area contributed by atoms with Gasteiger partial charge in [0.15, 0.2) is 0 Å². The molecule has 0 amide bonds. The second-order valence-corrected chi connectivity index (χ2v) is 16.6. The Morgan fingerprint density at radius 3 is 2.19 bits per heavy atom. The molecule has 2 aliphatic carbocycles. The van der Waals surface area contributed by atoms with Crippen LogP contribution in [0.4, 0.5) is 0 Å². The summed E-state index contributed by atoms with van der Waals surface area (Å²) < 4.78 is 6.31. The molecule has 2 fully saturated rings. The van der Waals surface area contributed by atoms with E-state index < -0.39 is 0 Å². The number of allylic oxidation sites excluding steroid dienone is 4. The van der Waals surface area contributed by atoms with Gasteiger partial charge < -0.3 is 14.9 Å². The molecule has 1 saturated heterocycles. The van der Waals surface area contributed by atoms with Crippen LogP contribution in [0.25, 0.3) is 0 Å². The molecular formula is C40H66O3. The van der Waals surface area contributed by atoms with Gasteiger partial charge in [-0.3, -0.25) is 0 Å². The maximum absolute atomic E-state index is 10.3. The van der Waals surface area contributed by atoms with Crippen molar-refractivity contribution in [2.45, 2.75) is 163 Å². The molecule has 244 valence electrons. The highest BCUT2D eigenvalue weighted by molar-refractivity contribution is 5.32. The van der Waals surface area contributed by atoms with Crippen LogP contribution in [0.15, 0.2) is 36.0 Å². The Morgan fingerprint density at radius 2 is 1.53 bits per heavy atom. The van der Waals surface area contributed by atoms with Crippen LogP contribution in [-0.2, 0) is 4.74 Å². The molecule has 1 heterocycles. The van der Waals surface area contributed by atoms with Crippen LogP contribution in [0, 0.1) is 52.3 Å². The number of aliphatic hydroxyl groups excluding tert-OH is 2. The van der Waals surface area contributed by atoms with Crippen LogP contribution in [0.3, 0.4) is 0 Å². The molecule has 0 aromatic carbocycles. The minimum atomic E-state index is -0.334. The summed E-state index contributed by atoms with van der Waals surface area (Å²) in [5.74, 6) is 9.57. The third-order valence-electron chi connectivity index (χ3n) is 11.0. The maximum Gasteiger partial charge on any atom is 0.121 e. The smallest absolute Gasteiger partial charge is 0.121 e. The summed E-state index contributed by atoms with van der Waals surface area (Å²) >= 11 is 0. The van der Waals surface area contributed by atoms with Crippen molar-refractivity contribution in [3.63, 3.8) is 0 Å². The normalized spacial score (nSPS) is 34.1. The summed E-state index contributed by atoms with van der Waals surface area (Å²) in [7, 11) is 0. The number of ether oxygens (including phenoxy) is 1. The minimum Gasteiger partial charge on any atom is -0.393 e. The van der Waals surface area contributed by atoms with Crippen molar-refractivity contribution in [1.29, 1.82) is 0 Å². The predicted molar refractivity (Wildman–Crippen MR) is 183 cm³/mol. The van der Waals surface area contributed by atoms with Crippen molar-refractivity contribution < 1.29 is 14.9 Å². The first kappa shape index (κ1) is 36.1. The second-order valence-electron chi connectivity index (χ2n) is 16.6.